The van der Waals surface area contributed by atoms with Crippen LogP contribution in [0.5, 0.6) is 0 Å². The van der Waals surface area contributed by atoms with Crippen LogP contribution in [-0.2, 0) is 4.79 Å². The summed E-state index contributed by atoms with van der Waals surface area (Å²) in [5.74, 6) is 6.46. The average molecular weight is 450 g/mol. The van der Waals surface area contributed by atoms with Crippen LogP contribution in [0.2, 0.25) is 0 Å². The minimum atomic E-state index is -0.620. The first-order valence-corrected chi connectivity index (χ1v) is 11.2. The summed E-state index contributed by atoms with van der Waals surface area (Å²) >= 11 is 2.73. The molecule has 0 radical (unpaired) electrons. The van der Waals surface area contributed by atoms with Crippen molar-refractivity contribution in [3.63, 3.8) is 0 Å². The average Bonchev–Trinajstić information content (AvgIpc) is 3.42. The molecule has 1 amide bonds. The third kappa shape index (κ3) is 4.68. The summed E-state index contributed by atoms with van der Waals surface area (Å²) in [5.41, 5.74) is 1.88. The molecule has 0 bridgehead atoms. The number of aromatic nitrogens is 3. The fourth-order valence-electron chi connectivity index (χ4n) is 2.96. The molecule has 0 fully saturated rings. The highest BCUT2D eigenvalue weighted by Gasteiger charge is 2.26. The van der Waals surface area contributed by atoms with Crippen LogP contribution >= 0.6 is 23.1 Å². The molecule has 3 N–H and O–H groups in total. The molecule has 0 aliphatic carbocycles. The van der Waals surface area contributed by atoms with Crippen LogP contribution in [0.15, 0.2) is 77.3 Å². The monoisotopic (exact) mass is 449 g/mol. The molecule has 0 aliphatic heterocycles. The molecule has 2 aromatic heterocycles. The summed E-state index contributed by atoms with van der Waals surface area (Å²) in [6.07, 6.45) is 0. The molecule has 0 saturated carbocycles. The number of hydrogen-bond acceptors (Lipinski definition) is 7. The van der Waals surface area contributed by atoms with Crippen molar-refractivity contribution in [2.45, 2.75) is 17.3 Å². The summed E-state index contributed by atoms with van der Waals surface area (Å²) in [4.78, 5) is 25.8. The number of nitrogens with two attached hydrogens (primary N) is 1. The van der Waals surface area contributed by atoms with E-state index in [1.807, 2.05) is 47.8 Å². The Bertz CT molecular complexity index is 1210. The van der Waals surface area contributed by atoms with Crippen molar-refractivity contribution in [3.05, 3.63) is 83.2 Å². The van der Waals surface area contributed by atoms with Crippen molar-refractivity contribution >= 4 is 40.5 Å². The van der Waals surface area contributed by atoms with Crippen molar-refractivity contribution in [2.75, 3.05) is 11.2 Å². The molecule has 0 unspecified atom stereocenters. The molecular weight excluding hydrogens is 430 g/mol. The third-order valence-electron chi connectivity index (χ3n) is 4.51. The van der Waals surface area contributed by atoms with Crippen LogP contribution in [0.3, 0.4) is 0 Å². The Morgan fingerprint density at radius 1 is 1.06 bits per heavy atom. The molecule has 4 aromatic rings. The zero-order valence-electron chi connectivity index (χ0n) is 16.6. The number of thioether (sulfide) groups is 1. The largest absolute Gasteiger partial charge is 0.335 e. The lowest BCUT2D eigenvalue weighted by Gasteiger charge is -2.16. The van der Waals surface area contributed by atoms with Crippen molar-refractivity contribution < 1.29 is 9.59 Å². The maximum atomic E-state index is 13.2. The maximum absolute atomic E-state index is 13.2. The van der Waals surface area contributed by atoms with Crippen molar-refractivity contribution in [1.29, 1.82) is 0 Å². The summed E-state index contributed by atoms with van der Waals surface area (Å²) in [5, 5.41) is 13.0. The molecule has 156 valence electrons. The molecule has 2 aromatic carbocycles. The number of amides is 1. The van der Waals surface area contributed by atoms with E-state index in [1.54, 1.807) is 24.3 Å². The van der Waals surface area contributed by atoms with E-state index in [4.69, 9.17) is 5.84 Å². The number of ketones is 1. The Morgan fingerprint density at radius 3 is 2.58 bits per heavy atom. The van der Waals surface area contributed by atoms with Gasteiger partial charge in [-0.05, 0) is 36.1 Å². The van der Waals surface area contributed by atoms with E-state index in [0.29, 0.717) is 22.2 Å². The van der Waals surface area contributed by atoms with E-state index in [1.165, 1.54) is 34.7 Å². The number of Topliss-reactive ketones (excluding diaryl/α,β-unsaturated/α-hetero) is 1. The van der Waals surface area contributed by atoms with E-state index < -0.39 is 5.25 Å². The number of thiophene rings is 1. The molecule has 1 atom stereocenters. The first kappa shape index (κ1) is 20.8. The first-order valence-electron chi connectivity index (χ1n) is 9.41. The number of nitrogens with one attached hydrogen (secondary N) is 1. The van der Waals surface area contributed by atoms with Gasteiger partial charge in [0.2, 0.25) is 11.1 Å². The van der Waals surface area contributed by atoms with Crippen molar-refractivity contribution in [3.8, 4) is 10.7 Å². The minimum Gasteiger partial charge on any atom is -0.335 e. The molecule has 31 heavy (non-hydrogen) atoms. The molecule has 4 rings (SSSR count). The summed E-state index contributed by atoms with van der Waals surface area (Å²) in [6.45, 7) is 1.49. The number of benzene rings is 2. The number of rotatable bonds is 7. The quantitative estimate of drug-likeness (QED) is 0.246. The van der Waals surface area contributed by atoms with Crippen LogP contribution in [0.4, 0.5) is 5.69 Å². The van der Waals surface area contributed by atoms with Gasteiger partial charge in [-0.3, -0.25) is 9.59 Å². The predicted octanol–water partition coefficient (Wildman–Crippen LogP) is 4.40. The van der Waals surface area contributed by atoms with E-state index >= 15 is 0 Å². The van der Waals surface area contributed by atoms with E-state index in [0.717, 1.165) is 10.4 Å². The Balaban J connectivity index is 1.62. The Kier molecular flexibility index (Phi) is 6.15. The Labute approximate surface area is 187 Å². The Hall–Kier alpha value is -3.43. The molecule has 7 nitrogen and oxygen atoms in total. The lowest BCUT2D eigenvalue weighted by atomic mass is 10.1. The van der Waals surface area contributed by atoms with Gasteiger partial charge >= 0.3 is 0 Å². The number of carbonyl (C=O) groups excluding carboxylic acids is 2. The van der Waals surface area contributed by atoms with Crippen molar-refractivity contribution in [2.24, 2.45) is 0 Å². The van der Waals surface area contributed by atoms with Gasteiger partial charge in [-0.1, -0.05) is 60.3 Å². The van der Waals surface area contributed by atoms with E-state index in [9.17, 15) is 9.59 Å². The topological polar surface area (TPSA) is 103 Å². The predicted molar refractivity (Wildman–Crippen MR) is 124 cm³/mol. The van der Waals surface area contributed by atoms with Gasteiger partial charge in [0.05, 0.1) is 4.88 Å². The lowest BCUT2D eigenvalue weighted by molar-refractivity contribution is -0.115. The zero-order valence-corrected chi connectivity index (χ0v) is 18.2. The minimum absolute atomic E-state index is 0.0672. The normalized spacial score (nSPS) is 11.8. The molecule has 0 spiro atoms. The first-order chi connectivity index (χ1) is 15.0. The molecular formula is C22H19N5O2S2. The van der Waals surface area contributed by atoms with Crippen LogP contribution in [0.1, 0.15) is 28.1 Å². The van der Waals surface area contributed by atoms with Crippen LogP contribution in [0.25, 0.3) is 10.7 Å². The molecule has 0 aliphatic rings. The van der Waals surface area contributed by atoms with Gasteiger partial charge in [0, 0.05) is 11.3 Å². The van der Waals surface area contributed by atoms with Crippen molar-refractivity contribution in [1.82, 2.24) is 14.9 Å². The number of carbonyl (C=O) groups is 2. The van der Waals surface area contributed by atoms with Crippen LogP contribution in [0, 0.1) is 0 Å². The molecule has 2 heterocycles. The van der Waals surface area contributed by atoms with Gasteiger partial charge in [0.25, 0.3) is 0 Å². The number of nitrogen functional groups attached to an aromatic ring is 1. The van der Waals surface area contributed by atoms with Crippen LogP contribution < -0.4 is 11.2 Å². The second-order valence-corrected chi connectivity index (χ2v) is 8.71. The Morgan fingerprint density at radius 2 is 1.87 bits per heavy atom. The second-order valence-electron chi connectivity index (χ2n) is 6.69. The lowest BCUT2D eigenvalue weighted by Crippen LogP contribution is -2.20. The fraction of sp³-hybridized carbons (Fsp3) is 0.0909. The van der Waals surface area contributed by atoms with Gasteiger partial charge in [-0.2, -0.15) is 0 Å². The third-order valence-corrected chi connectivity index (χ3v) is 6.58. The summed E-state index contributed by atoms with van der Waals surface area (Å²) < 4.78 is 1.40. The molecule has 9 heteroatoms. The standard InChI is InChI=1S/C22H19N5O2S2/c1-14(28)16-9-5-10-17(13-16)24-21(29)19(15-7-3-2-4-8-15)31-22-26-25-20(27(22)23)18-11-6-12-30-18/h2-13,19H,23H2,1H3,(H,24,29)/t19-/m1/s1. The second kappa shape index (κ2) is 9.15. The molecule has 0 saturated heterocycles. The van der Waals surface area contributed by atoms with Gasteiger partial charge in [-0.25, -0.2) is 4.68 Å². The highest BCUT2D eigenvalue weighted by Crippen LogP contribution is 2.36. The smallest absolute Gasteiger partial charge is 0.242 e. The number of anilines is 1. The highest BCUT2D eigenvalue weighted by molar-refractivity contribution is 8.00. The van der Waals surface area contributed by atoms with E-state index in [2.05, 4.69) is 15.5 Å². The maximum Gasteiger partial charge on any atom is 0.242 e. The summed E-state index contributed by atoms with van der Waals surface area (Å²) in [6, 6.07) is 20.1. The van der Waals surface area contributed by atoms with Gasteiger partial charge in [-0.15, -0.1) is 21.5 Å². The van der Waals surface area contributed by atoms with Crippen LogP contribution in [-0.4, -0.2) is 26.6 Å². The number of hydrogen-bond donors (Lipinski definition) is 2. The van der Waals surface area contributed by atoms with Gasteiger partial charge < -0.3 is 11.2 Å². The highest BCUT2D eigenvalue weighted by atomic mass is 32.2. The number of nitrogens with zero attached hydrogens (tertiary/aromatic N) is 3. The zero-order chi connectivity index (χ0) is 21.8. The van der Waals surface area contributed by atoms with Gasteiger partial charge in [0.15, 0.2) is 11.6 Å². The SMILES string of the molecule is CC(=O)c1cccc(NC(=O)[C@H](Sc2nnc(-c3cccs3)n2N)c2ccccc2)c1. The van der Waals surface area contributed by atoms with Gasteiger partial charge in [0.1, 0.15) is 5.25 Å². The van der Waals surface area contributed by atoms with E-state index in [-0.39, 0.29) is 11.7 Å². The fourth-order valence-corrected chi connectivity index (χ4v) is 4.62. The summed E-state index contributed by atoms with van der Waals surface area (Å²) in [7, 11) is 0.